The molecule has 0 saturated heterocycles. The Balaban J connectivity index is 0.000000469. The Kier molecular flexibility index (Phi) is 7.79. The third-order valence-corrected chi connectivity index (χ3v) is 4.40. The molecule has 0 atom stereocenters. The highest BCUT2D eigenvalue weighted by Gasteiger charge is 2.17. The van der Waals surface area contributed by atoms with Crippen LogP contribution in [0, 0.1) is 12.7 Å². The van der Waals surface area contributed by atoms with Crippen LogP contribution in [0.15, 0.2) is 42.5 Å². The van der Waals surface area contributed by atoms with Crippen LogP contribution < -0.4 is 4.74 Å². The highest BCUT2D eigenvalue weighted by molar-refractivity contribution is 6.31. The van der Waals surface area contributed by atoms with Crippen molar-refractivity contribution < 1.29 is 28.9 Å². The van der Waals surface area contributed by atoms with Crippen LogP contribution in [0.5, 0.6) is 5.75 Å². The summed E-state index contributed by atoms with van der Waals surface area (Å²) in [6.45, 7) is 3.41. The van der Waals surface area contributed by atoms with E-state index in [4.69, 9.17) is 36.1 Å². The van der Waals surface area contributed by atoms with Gasteiger partial charge in [0.1, 0.15) is 18.2 Å². The fourth-order valence-electron chi connectivity index (χ4n) is 2.80. The molecule has 0 aliphatic heterocycles. The largest absolute Gasteiger partial charge is 0.490 e. The second kappa shape index (κ2) is 10.1. The average molecular weight is 437 g/mol. The zero-order valence-corrected chi connectivity index (χ0v) is 17.5. The molecule has 0 saturated carbocycles. The maximum Gasteiger partial charge on any atom is 0.414 e. The molecule has 0 aliphatic carbocycles. The molecule has 9 heteroatoms. The van der Waals surface area contributed by atoms with E-state index in [9.17, 15) is 4.39 Å². The highest BCUT2D eigenvalue weighted by atomic mass is 35.5. The summed E-state index contributed by atoms with van der Waals surface area (Å²) >= 11 is 6.18. The summed E-state index contributed by atoms with van der Waals surface area (Å²) in [4.78, 5) is 20.3. The van der Waals surface area contributed by atoms with E-state index in [1.807, 2.05) is 39.2 Å². The molecule has 0 unspecified atom stereocenters. The Morgan fingerprint density at radius 2 is 1.70 bits per heavy atom. The number of fused-ring (bicyclic) bond motifs is 1. The molecule has 30 heavy (non-hydrogen) atoms. The Labute approximate surface area is 177 Å². The van der Waals surface area contributed by atoms with E-state index in [2.05, 4.69) is 9.47 Å². The Morgan fingerprint density at radius 1 is 1.10 bits per heavy atom. The molecule has 0 spiro atoms. The predicted octanol–water partition coefficient (Wildman–Crippen LogP) is 3.83. The molecule has 3 rings (SSSR count). The number of aromatic nitrogens is 1. The van der Waals surface area contributed by atoms with Gasteiger partial charge in [-0.15, -0.1) is 0 Å². The Bertz CT molecular complexity index is 1040. The number of nitrogens with zero attached hydrogens (tertiary/aromatic N) is 2. The van der Waals surface area contributed by atoms with E-state index in [-0.39, 0.29) is 5.82 Å². The quantitative estimate of drug-likeness (QED) is 0.590. The van der Waals surface area contributed by atoms with E-state index >= 15 is 0 Å². The number of carboxylic acid groups (broad SMARTS) is 2. The number of hydrogen-bond donors (Lipinski definition) is 2. The van der Waals surface area contributed by atoms with Crippen molar-refractivity contribution in [1.82, 2.24) is 9.47 Å². The van der Waals surface area contributed by atoms with Gasteiger partial charge in [-0.1, -0.05) is 11.6 Å². The number of aliphatic carboxylic acids is 2. The molecule has 1 aromatic heterocycles. The lowest BCUT2D eigenvalue weighted by Gasteiger charge is -2.12. The van der Waals surface area contributed by atoms with Crippen molar-refractivity contribution in [3.05, 3.63) is 59.0 Å². The number of benzene rings is 2. The summed E-state index contributed by atoms with van der Waals surface area (Å²) in [6, 6.07) is 12.2. The van der Waals surface area contributed by atoms with Gasteiger partial charge in [-0.05, 0) is 63.5 Å². The average Bonchev–Trinajstić information content (AvgIpc) is 2.94. The molecule has 2 aromatic carbocycles. The van der Waals surface area contributed by atoms with Crippen LogP contribution >= 0.6 is 11.6 Å². The van der Waals surface area contributed by atoms with Gasteiger partial charge in [0.15, 0.2) is 0 Å². The van der Waals surface area contributed by atoms with Crippen molar-refractivity contribution in [3.63, 3.8) is 0 Å². The van der Waals surface area contributed by atoms with Crippen LogP contribution in [0.2, 0.25) is 5.02 Å². The first-order chi connectivity index (χ1) is 14.1. The molecular formula is C21H22ClFN2O5. The molecule has 2 N–H and O–H groups in total. The molecule has 0 radical (unpaired) electrons. The Morgan fingerprint density at radius 3 is 2.23 bits per heavy atom. The number of carboxylic acids is 2. The summed E-state index contributed by atoms with van der Waals surface area (Å²) < 4.78 is 21.4. The maximum absolute atomic E-state index is 13.3. The first-order valence-electron chi connectivity index (χ1n) is 8.92. The fraction of sp³-hybridized carbons (Fsp3) is 0.238. The number of carbonyl (C=O) groups is 2. The lowest BCUT2D eigenvalue weighted by Crippen LogP contribution is -2.19. The zero-order chi connectivity index (χ0) is 22.4. The van der Waals surface area contributed by atoms with E-state index in [1.165, 1.54) is 12.1 Å². The van der Waals surface area contributed by atoms with Crippen molar-refractivity contribution in [2.24, 2.45) is 0 Å². The number of hydrogen-bond acceptors (Lipinski definition) is 4. The van der Waals surface area contributed by atoms with Gasteiger partial charge in [-0.2, -0.15) is 0 Å². The number of halogens is 2. The van der Waals surface area contributed by atoms with Gasteiger partial charge < -0.3 is 24.4 Å². The minimum Gasteiger partial charge on any atom is -0.490 e. The molecule has 3 aromatic rings. The second-order valence-corrected chi connectivity index (χ2v) is 7.09. The summed E-state index contributed by atoms with van der Waals surface area (Å²) in [5, 5.41) is 16.4. The molecule has 0 bridgehead atoms. The molecule has 1 heterocycles. The molecule has 7 nitrogen and oxygen atoms in total. The predicted molar refractivity (Wildman–Crippen MR) is 112 cm³/mol. The van der Waals surface area contributed by atoms with Crippen molar-refractivity contribution in [2.45, 2.75) is 6.92 Å². The van der Waals surface area contributed by atoms with Gasteiger partial charge in [0.2, 0.25) is 0 Å². The standard InChI is InChI=1S/C19H20ClFN2O.C2H2O4/c1-13-19(24-11-10-22(2)3)17-12-14(20)4-9-18(17)23(13)16-7-5-15(21)6-8-16;3-1(4)2(5)6/h4-9,12H,10-11H2,1-3H3;(H,3,4)(H,5,6). The van der Waals surface area contributed by atoms with Gasteiger partial charge in [0.05, 0.1) is 11.2 Å². The lowest BCUT2D eigenvalue weighted by molar-refractivity contribution is -0.159. The van der Waals surface area contributed by atoms with Gasteiger partial charge in [0.25, 0.3) is 0 Å². The number of likely N-dealkylation sites (N-methyl/N-ethyl adjacent to an activating group) is 1. The highest BCUT2D eigenvalue weighted by Crippen LogP contribution is 2.36. The topological polar surface area (TPSA) is 92.0 Å². The third kappa shape index (κ3) is 5.71. The van der Waals surface area contributed by atoms with Crippen molar-refractivity contribution in [3.8, 4) is 11.4 Å². The second-order valence-electron chi connectivity index (χ2n) is 6.65. The van der Waals surface area contributed by atoms with Gasteiger partial charge in [-0.25, -0.2) is 14.0 Å². The van der Waals surface area contributed by atoms with E-state index in [0.29, 0.717) is 11.6 Å². The molecule has 0 aliphatic rings. The van der Waals surface area contributed by atoms with Gasteiger partial charge in [-0.3, -0.25) is 0 Å². The van der Waals surface area contributed by atoms with Crippen molar-refractivity contribution >= 4 is 34.4 Å². The minimum atomic E-state index is -1.82. The summed E-state index contributed by atoms with van der Waals surface area (Å²) in [6.07, 6.45) is 0. The van der Waals surface area contributed by atoms with Crippen molar-refractivity contribution in [2.75, 3.05) is 27.2 Å². The van der Waals surface area contributed by atoms with E-state index < -0.39 is 11.9 Å². The minimum absolute atomic E-state index is 0.252. The van der Waals surface area contributed by atoms with Gasteiger partial charge in [0, 0.05) is 22.6 Å². The summed E-state index contributed by atoms with van der Waals surface area (Å²) in [5.41, 5.74) is 2.85. The lowest BCUT2D eigenvalue weighted by atomic mass is 10.2. The molecule has 160 valence electrons. The van der Waals surface area contributed by atoms with Crippen LogP contribution in [0.3, 0.4) is 0 Å². The zero-order valence-electron chi connectivity index (χ0n) is 16.7. The monoisotopic (exact) mass is 436 g/mol. The fourth-order valence-corrected chi connectivity index (χ4v) is 2.97. The van der Waals surface area contributed by atoms with Crippen LogP contribution in [-0.2, 0) is 9.59 Å². The number of rotatable bonds is 5. The van der Waals surface area contributed by atoms with Gasteiger partial charge >= 0.3 is 11.9 Å². The van der Waals surface area contributed by atoms with Crippen LogP contribution in [0.25, 0.3) is 16.6 Å². The summed E-state index contributed by atoms with van der Waals surface area (Å²) in [7, 11) is 4.02. The van der Waals surface area contributed by atoms with Crippen LogP contribution in [0.4, 0.5) is 4.39 Å². The third-order valence-electron chi connectivity index (χ3n) is 4.16. The molecular weight excluding hydrogens is 415 g/mol. The first kappa shape index (κ1) is 23.2. The number of ether oxygens (including phenoxy) is 1. The smallest absolute Gasteiger partial charge is 0.414 e. The maximum atomic E-state index is 13.3. The Hall–Kier alpha value is -3.10. The first-order valence-corrected chi connectivity index (χ1v) is 9.30. The molecule has 0 amide bonds. The van der Waals surface area contributed by atoms with E-state index in [1.54, 1.807) is 12.1 Å². The molecule has 0 fully saturated rings. The van der Waals surface area contributed by atoms with Crippen LogP contribution in [-0.4, -0.2) is 58.9 Å². The van der Waals surface area contributed by atoms with Crippen molar-refractivity contribution in [1.29, 1.82) is 0 Å². The van der Waals surface area contributed by atoms with Crippen LogP contribution in [0.1, 0.15) is 5.69 Å². The normalized spacial score (nSPS) is 10.6. The summed E-state index contributed by atoms with van der Waals surface area (Å²) in [5.74, 6) is -3.08. The SMILES string of the molecule is Cc1c(OCCN(C)C)c2cc(Cl)ccc2n1-c1ccc(F)cc1.O=C(O)C(=O)O. The van der Waals surface area contributed by atoms with E-state index in [0.717, 1.165) is 34.6 Å².